The SMILES string of the molecule is CC(C)=CCCC(C)(O)C1CCC2(C)C1CCC1C3(C)CCC(=O)C(C)(C)C3[CH]CC12C. The van der Waals surface area contributed by atoms with Crippen LogP contribution in [0.1, 0.15) is 113 Å². The van der Waals surface area contributed by atoms with Crippen LogP contribution in [-0.2, 0) is 4.79 Å². The molecule has 4 saturated carbocycles. The summed E-state index contributed by atoms with van der Waals surface area (Å²) in [5.74, 6) is 2.56. The third kappa shape index (κ3) is 3.32. The number of aliphatic hydroxyl groups is 1. The molecule has 8 atom stereocenters. The smallest absolute Gasteiger partial charge is 0.138 e. The first-order valence-electron chi connectivity index (χ1n) is 13.4. The zero-order chi connectivity index (χ0) is 23.7. The van der Waals surface area contributed by atoms with Gasteiger partial charge in [-0.3, -0.25) is 4.79 Å². The molecule has 4 fully saturated rings. The number of hydrogen-bond acceptors (Lipinski definition) is 2. The minimum Gasteiger partial charge on any atom is -0.390 e. The highest BCUT2D eigenvalue weighted by molar-refractivity contribution is 5.85. The van der Waals surface area contributed by atoms with E-state index in [2.05, 4.69) is 67.9 Å². The summed E-state index contributed by atoms with van der Waals surface area (Å²) in [7, 11) is 0. The monoisotopic (exact) mass is 441 g/mol. The molecule has 0 spiro atoms. The molecule has 0 aromatic rings. The molecule has 4 aliphatic rings. The summed E-state index contributed by atoms with van der Waals surface area (Å²) in [5.41, 5.74) is 1.31. The van der Waals surface area contributed by atoms with Gasteiger partial charge in [0.15, 0.2) is 0 Å². The van der Waals surface area contributed by atoms with Gasteiger partial charge in [-0.25, -0.2) is 0 Å². The molecule has 0 aromatic carbocycles. The van der Waals surface area contributed by atoms with Crippen LogP contribution in [-0.4, -0.2) is 16.5 Å². The highest BCUT2D eigenvalue weighted by atomic mass is 16.3. The number of ketones is 1. The lowest BCUT2D eigenvalue weighted by Gasteiger charge is -2.69. The minimum absolute atomic E-state index is 0.223. The zero-order valence-corrected chi connectivity index (χ0v) is 22.2. The number of hydrogen-bond donors (Lipinski definition) is 1. The van der Waals surface area contributed by atoms with Crippen LogP contribution < -0.4 is 0 Å². The second-order valence-electron chi connectivity index (χ2n) is 14.0. The Labute approximate surface area is 198 Å². The van der Waals surface area contributed by atoms with Gasteiger partial charge in [-0.15, -0.1) is 0 Å². The molecule has 4 aliphatic carbocycles. The van der Waals surface area contributed by atoms with Gasteiger partial charge >= 0.3 is 0 Å². The van der Waals surface area contributed by atoms with Crippen LogP contribution in [0.25, 0.3) is 0 Å². The Balaban J connectivity index is 1.62. The van der Waals surface area contributed by atoms with Gasteiger partial charge in [0.1, 0.15) is 5.78 Å². The third-order valence-corrected chi connectivity index (χ3v) is 11.8. The topological polar surface area (TPSA) is 37.3 Å². The first-order valence-corrected chi connectivity index (χ1v) is 13.4. The van der Waals surface area contributed by atoms with Gasteiger partial charge in [-0.1, -0.05) is 46.3 Å². The maximum atomic E-state index is 12.8. The van der Waals surface area contributed by atoms with E-state index in [-0.39, 0.29) is 21.7 Å². The molecule has 0 aromatic heterocycles. The second-order valence-corrected chi connectivity index (χ2v) is 14.0. The Morgan fingerprint density at radius 2 is 1.78 bits per heavy atom. The van der Waals surface area contributed by atoms with Gasteiger partial charge in [0.05, 0.1) is 5.60 Å². The van der Waals surface area contributed by atoms with Crippen LogP contribution in [0, 0.1) is 51.8 Å². The van der Waals surface area contributed by atoms with Crippen molar-refractivity contribution in [2.24, 2.45) is 45.3 Å². The largest absolute Gasteiger partial charge is 0.390 e. The summed E-state index contributed by atoms with van der Waals surface area (Å²) in [4.78, 5) is 12.8. The standard InChI is InChI=1S/C30H49O2/c1-20(2)10-9-16-30(8,32)22-13-18-28(6)21(22)11-12-24-27(5)17-15-25(31)26(3,4)23(27)14-19-29(24,28)7/h10,14,21-24,32H,9,11-13,15-19H2,1-8H3. The molecule has 1 radical (unpaired) electrons. The van der Waals surface area contributed by atoms with Crippen LogP contribution in [0.4, 0.5) is 0 Å². The maximum absolute atomic E-state index is 12.8. The molecule has 2 heteroatoms. The fourth-order valence-electron chi connectivity index (χ4n) is 9.77. The van der Waals surface area contributed by atoms with Crippen molar-refractivity contribution >= 4 is 5.78 Å². The molecule has 181 valence electrons. The molecule has 8 unspecified atom stereocenters. The van der Waals surface area contributed by atoms with E-state index in [1.165, 1.54) is 24.8 Å². The highest BCUT2D eigenvalue weighted by Crippen LogP contribution is 2.75. The van der Waals surface area contributed by atoms with Crippen molar-refractivity contribution in [3.05, 3.63) is 18.1 Å². The van der Waals surface area contributed by atoms with Crippen molar-refractivity contribution in [1.82, 2.24) is 0 Å². The lowest BCUT2D eigenvalue weighted by molar-refractivity contribution is -0.191. The van der Waals surface area contributed by atoms with E-state index in [1.54, 1.807) is 0 Å². The van der Waals surface area contributed by atoms with E-state index in [1.807, 2.05) is 0 Å². The zero-order valence-electron chi connectivity index (χ0n) is 22.2. The normalized spacial score (nSPS) is 47.1. The lowest BCUT2D eigenvalue weighted by Crippen LogP contribution is -2.63. The van der Waals surface area contributed by atoms with Crippen molar-refractivity contribution in [1.29, 1.82) is 0 Å². The minimum atomic E-state index is -0.582. The highest BCUT2D eigenvalue weighted by Gasteiger charge is 2.69. The molecule has 1 N–H and O–H groups in total. The van der Waals surface area contributed by atoms with Gasteiger partial charge in [0, 0.05) is 11.8 Å². The molecule has 0 saturated heterocycles. The summed E-state index contributed by atoms with van der Waals surface area (Å²) in [6, 6.07) is 0. The van der Waals surface area contributed by atoms with Crippen molar-refractivity contribution in [3.63, 3.8) is 0 Å². The molecular formula is C30H49O2. The summed E-state index contributed by atoms with van der Waals surface area (Å²) < 4.78 is 0. The molecular weight excluding hydrogens is 392 g/mol. The first-order chi connectivity index (χ1) is 14.7. The van der Waals surface area contributed by atoms with E-state index in [0.717, 1.165) is 38.5 Å². The van der Waals surface area contributed by atoms with Crippen molar-refractivity contribution in [2.45, 2.75) is 119 Å². The molecule has 2 nitrogen and oxygen atoms in total. The Bertz CT molecular complexity index is 787. The predicted octanol–water partition coefficient (Wildman–Crippen LogP) is 7.55. The Morgan fingerprint density at radius 3 is 2.44 bits per heavy atom. The van der Waals surface area contributed by atoms with Gasteiger partial charge < -0.3 is 5.11 Å². The number of carbonyl (C=O) groups is 1. The summed E-state index contributed by atoms with van der Waals surface area (Å²) in [6.07, 6.45) is 14.6. The lowest BCUT2D eigenvalue weighted by atomic mass is 9.35. The number of rotatable bonds is 4. The van der Waals surface area contributed by atoms with Gasteiger partial charge in [0.25, 0.3) is 0 Å². The van der Waals surface area contributed by atoms with Crippen LogP contribution >= 0.6 is 0 Å². The average molecular weight is 442 g/mol. The van der Waals surface area contributed by atoms with E-state index < -0.39 is 5.60 Å². The Kier molecular flexibility index (Phi) is 5.89. The first kappa shape index (κ1) is 24.5. The van der Waals surface area contributed by atoms with Crippen molar-refractivity contribution in [3.8, 4) is 0 Å². The summed E-state index contributed by atoms with van der Waals surface area (Å²) in [5, 5.41) is 11.6. The number of fused-ring (bicyclic) bond motifs is 5. The molecule has 0 heterocycles. The van der Waals surface area contributed by atoms with Crippen molar-refractivity contribution < 1.29 is 9.90 Å². The van der Waals surface area contributed by atoms with Crippen LogP contribution in [0.5, 0.6) is 0 Å². The predicted molar refractivity (Wildman–Crippen MR) is 133 cm³/mol. The fraction of sp³-hybridized carbons (Fsp3) is 0.867. The maximum Gasteiger partial charge on any atom is 0.138 e. The summed E-state index contributed by atoms with van der Waals surface area (Å²) >= 11 is 0. The van der Waals surface area contributed by atoms with Crippen molar-refractivity contribution in [2.75, 3.05) is 0 Å². The number of Topliss-reactive ketones (excluding diaryl/α,β-unsaturated/α-hetero) is 1. The number of carbonyl (C=O) groups excluding carboxylic acids is 1. The van der Waals surface area contributed by atoms with Gasteiger partial charge in [-0.05, 0) is 118 Å². The molecule has 0 bridgehead atoms. The fourth-order valence-corrected chi connectivity index (χ4v) is 9.77. The molecule has 4 rings (SSSR count). The third-order valence-electron chi connectivity index (χ3n) is 11.8. The van der Waals surface area contributed by atoms with Crippen LogP contribution in [0.2, 0.25) is 0 Å². The van der Waals surface area contributed by atoms with Crippen LogP contribution in [0.15, 0.2) is 11.6 Å². The van der Waals surface area contributed by atoms with Gasteiger partial charge in [-0.2, -0.15) is 0 Å². The van der Waals surface area contributed by atoms with Crippen LogP contribution in [0.3, 0.4) is 0 Å². The Hall–Kier alpha value is -0.630. The molecule has 0 aliphatic heterocycles. The summed E-state index contributed by atoms with van der Waals surface area (Å²) in [6.45, 7) is 18.5. The van der Waals surface area contributed by atoms with E-state index in [4.69, 9.17) is 0 Å². The van der Waals surface area contributed by atoms with Gasteiger partial charge in [0.2, 0.25) is 0 Å². The second kappa shape index (κ2) is 7.69. The van der Waals surface area contributed by atoms with E-state index in [0.29, 0.717) is 29.5 Å². The quantitative estimate of drug-likeness (QED) is 0.457. The average Bonchev–Trinajstić information content (AvgIpc) is 3.04. The molecule has 0 amide bonds. The van der Waals surface area contributed by atoms with E-state index in [9.17, 15) is 9.90 Å². The Morgan fingerprint density at radius 1 is 1.09 bits per heavy atom. The van der Waals surface area contributed by atoms with E-state index >= 15 is 0 Å². The molecule has 32 heavy (non-hydrogen) atoms. The number of allylic oxidation sites excluding steroid dienone is 2.